The Balaban J connectivity index is 1.04. The summed E-state index contributed by atoms with van der Waals surface area (Å²) in [6, 6.07) is 0. The second-order valence-corrected chi connectivity index (χ2v) is 13.3. The highest BCUT2D eigenvalue weighted by atomic mass is 16.5. The molecule has 0 saturated carbocycles. The molecule has 248 valence electrons. The molecule has 0 aliphatic carbocycles. The zero-order chi connectivity index (χ0) is 30.0. The van der Waals surface area contributed by atoms with Crippen LogP contribution in [0.5, 0.6) is 0 Å². The molecule has 4 heterocycles. The first-order valence-electron chi connectivity index (χ1n) is 18.0. The largest absolute Gasteiger partial charge is 0.462 e. The number of rotatable bonds is 22. The molecule has 8 heteroatoms. The molecule has 0 aromatic carbocycles. The summed E-state index contributed by atoms with van der Waals surface area (Å²) in [6.07, 6.45) is 23.2. The molecule has 4 unspecified atom stereocenters. The highest BCUT2D eigenvalue weighted by Gasteiger charge is 2.25. The van der Waals surface area contributed by atoms with Crippen molar-refractivity contribution in [2.24, 2.45) is 0 Å². The third-order valence-corrected chi connectivity index (χ3v) is 9.70. The molecule has 0 amide bonds. The fourth-order valence-corrected chi connectivity index (χ4v) is 7.06. The summed E-state index contributed by atoms with van der Waals surface area (Å²) < 4.78 is 35.0. The van der Waals surface area contributed by atoms with Gasteiger partial charge in [0.15, 0.2) is 0 Å². The molecular formula is C35H60O8. The molecular weight excluding hydrogens is 548 g/mol. The van der Waals surface area contributed by atoms with E-state index in [1.807, 2.05) is 0 Å². The van der Waals surface area contributed by atoms with Gasteiger partial charge in [-0.1, -0.05) is 19.3 Å². The third kappa shape index (κ3) is 14.6. The van der Waals surface area contributed by atoms with Crippen molar-refractivity contribution in [1.82, 2.24) is 0 Å². The van der Waals surface area contributed by atoms with Crippen molar-refractivity contribution in [2.75, 3.05) is 26.4 Å². The Bertz CT molecular complexity index is 649. The van der Waals surface area contributed by atoms with E-state index in [9.17, 15) is 9.59 Å². The van der Waals surface area contributed by atoms with Gasteiger partial charge in [-0.2, -0.15) is 0 Å². The molecule has 4 fully saturated rings. The van der Waals surface area contributed by atoms with Crippen LogP contribution in [0.4, 0.5) is 0 Å². The van der Waals surface area contributed by atoms with Crippen LogP contribution in [0.1, 0.15) is 148 Å². The maximum absolute atomic E-state index is 12.6. The lowest BCUT2D eigenvalue weighted by atomic mass is 10.0. The van der Waals surface area contributed by atoms with E-state index >= 15 is 0 Å². The average Bonchev–Trinajstić information content (AvgIpc) is 3.84. The third-order valence-electron chi connectivity index (χ3n) is 9.70. The number of esters is 2. The van der Waals surface area contributed by atoms with E-state index < -0.39 is 0 Å². The van der Waals surface area contributed by atoms with Crippen molar-refractivity contribution in [3.63, 3.8) is 0 Å². The van der Waals surface area contributed by atoms with Crippen molar-refractivity contribution >= 4 is 11.9 Å². The molecule has 43 heavy (non-hydrogen) atoms. The molecule has 4 aliphatic heterocycles. The van der Waals surface area contributed by atoms with Gasteiger partial charge in [-0.25, -0.2) is 0 Å². The van der Waals surface area contributed by atoms with Gasteiger partial charge in [-0.3, -0.25) is 9.59 Å². The zero-order valence-corrected chi connectivity index (χ0v) is 26.8. The van der Waals surface area contributed by atoms with Crippen molar-refractivity contribution in [3.05, 3.63) is 0 Å². The van der Waals surface area contributed by atoms with E-state index in [0.29, 0.717) is 37.3 Å². The number of hydrogen-bond acceptors (Lipinski definition) is 8. The van der Waals surface area contributed by atoms with Crippen LogP contribution in [0.2, 0.25) is 0 Å². The van der Waals surface area contributed by atoms with E-state index in [4.69, 9.17) is 28.4 Å². The number of hydrogen-bond donors (Lipinski definition) is 0. The summed E-state index contributed by atoms with van der Waals surface area (Å²) in [5.41, 5.74) is 0. The minimum Gasteiger partial charge on any atom is -0.462 e. The number of ether oxygens (including phenoxy) is 6. The van der Waals surface area contributed by atoms with Gasteiger partial charge >= 0.3 is 11.9 Å². The Kier molecular flexibility index (Phi) is 16.7. The standard InChI is InChI=1S/C35H60O8/c36-34(42-32(20-16-28-10-6-24-38-28)21-17-29-11-7-25-39-29)14-4-2-1-3-5-15-35(37)43-33(22-18-30-12-8-26-40-30)23-19-31-13-9-27-41-31/h28-33H,1-27H2. The highest BCUT2D eigenvalue weighted by molar-refractivity contribution is 5.69. The van der Waals surface area contributed by atoms with E-state index in [1.54, 1.807) is 0 Å². The Labute approximate surface area is 260 Å². The van der Waals surface area contributed by atoms with E-state index in [-0.39, 0.29) is 24.1 Å². The first-order chi connectivity index (χ1) is 21.1. The van der Waals surface area contributed by atoms with Gasteiger partial charge in [0, 0.05) is 39.3 Å². The normalized spacial score (nSPS) is 27.0. The second kappa shape index (κ2) is 20.7. The highest BCUT2D eigenvalue weighted by Crippen LogP contribution is 2.25. The van der Waals surface area contributed by atoms with Gasteiger partial charge in [-0.15, -0.1) is 0 Å². The van der Waals surface area contributed by atoms with Crippen LogP contribution in [-0.4, -0.2) is 75.0 Å². The van der Waals surface area contributed by atoms with Crippen LogP contribution in [-0.2, 0) is 38.0 Å². The maximum atomic E-state index is 12.6. The van der Waals surface area contributed by atoms with Crippen molar-refractivity contribution in [2.45, 2.75) is 184 Å². The van der Waals surface area contributed by atoms with Gasteiger partial charge in [0.05, 0.1) is 24.4 Å². The first-order valence-corrected chi connectivity index (χ1v) is 18.0. The van der Waals surface area contributed by atoms with Gasteiger partial charge in [0.1, 0.15) is 12.2 Å². The van der Waals surface area contributed by atoms with E-state index in [1.165, 1.54) is 0 Å². The lowest BCUT2D eigenvalue weighted by Crippen LogP contribution is -2.22. The minimum absolute atomic E-state index is 0.0351. The van der Waals surface area contributed by atoms with Gasteiger partial charge in [0.2, 0.25) is 0 Å². The predicted octanol–water partition coefficient (Wildman–Crippen LogP) is 7.38. The molecule has 4 aliphatic rings. The SMILES string of the molecule is O=C(CCCCCCCC(=O)OC(CCC1CCCO1)CCC1CCCO1)OC(CCC1CCCO1)CCC1CCCO1. The molecule has 4 saturated heterocycles. The lowest BCUT2D eigenvalue weighted by Gasteiger charge is -2.21. The molecule has 0 bridgehead atoms. The number of carbonyl (C=O) groups excluding carboxylic acids is 2. The number of carbonyl (C=O) groups is 2. The van der Waals surface area contributed by atoms with Crippen molar-refractivity contribution in [1.29, 1.82) is 0 Å². The van der Waals surface area contributed by atoms with Crippen LogP contribution in [0.3, 0.4) is 0 Å². The number of unbranched alkanes of at least 4 members (excludes halogenated alkanes) is 4. The molecule has 0 aromatic rings. The summed E-state index contributed by atoms with van der Waals surface area (Å²) in [7, 11) is 0. The molecule has 8 nitrogen and oxygen atoms in total. The second-order valence-electron chi connectivity index (χ2n) is 13.3. The van der Waals surface area contributed by atoms with Crippen LogP contribution in [0, 0.1) is 0 Å². The van der Waals surface area contributed by atoms with E-state index in [0.717, 1.165) is 161 Å². The first kappa shape index (κ1) is 34.6. The van der Waals surface area contributed by atoms with Crippen molar-refractivity contribution in [3.8, 4) is 0 Å². The predicted molar refractivity (Wildman–Crippen MR) is 165 cm³/mol. The van der Waals surface area contributed by atoms with Crippen LogP contribution in [0.25, 0.3) is 0 Å². The molecule has 0 N–H and O–H groups in total. The Morgan fingerprint density at radius 3 is 1.07 bits per heavy atom. The smallest absolute Gasteiger partial charge is 0.306 e. The van der Waals surface area contributed by atoms with Gasteiger partial charge in [-0.05, 0) is 116 Å². The fraction of sp³-hybridized carbons (Fsp3) is 0.943. The molecule has 4 atom stereocenters. The molecule has 0 aromatic heterocycles. The van der Waals surface area contributed by atoms with Crippen LogP contribution in [0.15, 0.2) is 0 Å². The summed E-state index contributed by atoms with van der Waals surface area (Å²) in [6.45, 7) is 3.44. The summed E-state index contributed by atoms with van der Waals surface area (Å²) in [5, 5.41) is 0. The van der Waals surface area contributed by atoms with Crippen molar-refractivity contribution < 1.29 is 38.0 Å². The molecule has 4 rings (SSSR count). The molecule has 0 radical (unpaired) electrons. The van der Waals surface area contributed by atoms with Crippen LogP contribution < -0.4 is 0 Å². The lowest BCUT2D eigenvalue weighted by molar-refractivity contribution is -0.151. The Morgan fingerprint density at radius 2 is 0.791 bits per heavy atom. The zero-order valence-electron chi connectivity index (χ0n) is 26.8. The van der Waals surface area contributed by atoms with Gasteiger partial charge < -0.3 is 28.4 Å². The minimum atomic E-state index is -0.0784. The fourth-order valence-electron chi connectivity index (χ4n) is 7.06. The monoisotopic (exact) mass is 608 g/mol. The maximum Gasteiger partial charge on any atom is 0.306 e. The summed E-state index contributed by atoms with van der Waals surface area (Å²) in [5.74, 6) is -0.157. The summed E-state index contributed by atoms with van der Waals surface area (Å²) in [4.78, 5) is 25.3. The quantitative estimate of drug-likeness (QED) is 0.0929. The average molecular weight is 609 g/mol. The van der Waals surface area contributed by atoms with E-state index in [2.05, 4.69) is 0 Å². The summed E-state index contributed by atoms with van der Waals surface area (Å²) >= 11 is 0. The van der Waals surface area contributed by atoms with Gasteiger partial charge in [0.25, 0.3) is 0 Å². The topological polar surface area (TPSA) is 89.5 Å². The Hall–Kier alpha value is -1.22. The molecule has 0 spiro atoms. The van der Waals surface area contributed by atoms with Crippen LogP contribution >= 0.6 is 0 Å². The Morgan fingerprint density at radius 1 is 0.488 bits per heavy atom.